The lowest BCUT2D eigenvalue weighted by Gasteiger charge is -2.34. The Balaban J connectivity index is 1.40. The van der Waals surface area contributed by atoms with Crippen molar-refractivity contribution in [2.24, 2.45) is 0 Å². The summed E-state index contributed by atoms with van der Waals surface area (Å²) in [4.78, 5) is 28.9. The van der Waals surface area contributed by atoms with Crippen molar-refractivity contribution in [3.05, 3.63) is 148 Å². The summed E-state index contributed by atoms with van der Waals surface area (Å²) in [6.45, 7) is 11.7. The van der Waals surface area contributed by atoms with Gasteiger partial charge in [-0.1, -0.05) is 50.2 Å². The Morgan fingerprint density at radius 3 is 1.87 bits per heavy atom. The Labute approximate surface area is 268 Å². The van der Waals surface area contributed by atoms with Gasteiger partial charge in [-0.2, -0.15) is 0 Å². The van der Waals surface area contributed by atoms with Crippen molar-refractivity contribution in [1.29, 1.82) is 0 Å². The molecule has 0 aliphatic carbocycles. The minimum Gasteiger partial charge on any atom is -0.364 e. The van der Waals surface area contributed by atoms with Crippen LogP contribution in [0.3, 0.4) is 0 Å². The molecule has 3 heterocycles. The molecule has 5 aromatic rings. The van der Waals surface area contributed by atoms with Gasteiger partial charge in [-0.25, -0.2) is 0 Å². The molecule has 0 saturated heterocycles. The molecule has 0 aliphatic rings. The fraction of sp³-hybridized carbons (Fsp3) is 0.308. The molecule has 0 spiro atoms. The van der Waals surface area contributed by atoms with Crippen molar-refractivity contribution in [2.45, 2.75) is 65.3 Å². The summed E-state index contributed by atoms with van der Waals surface area (Å²) in [5.74, 6) is -0.126. The van der Waals surface area contributed by atoms with Gasteiger partial charge in [0.15, 0.2) is 0 Å². The first-order valence-electron chi connectivity index (χ1n) is 16.1. The first-order chi connectivity index (χ1) is 21.9. The van der Waals surface area contributed by atoms with Gasteiger partial charge in [-0.15, -0.1) is 0 Å². The molecule has 1 amide bonds. The van der Waals surface area contributed by atoms with Crippen molar-refractivity contribution in [3.8, 4) is 0 Å². The molecule has 2 N–H and O–H groups in total. The molecule has 0 unspecified atom stereocenters. The highest BCUT2D eigenvalue weighted by Crippen LogP contribution is 2.38. The number of hydrogen-bond donors (Lipinski definition) is 2. The number of carbonyl (C=O) groups is 1. The molecule has 0 aliphatic heterocycles. The quantitative estimate of drug-likeness (QED) is 0.135. The minimum atomic E-state index is -0.470. The minimum absolute atomic E-state index is 0.126. The molecule has 5 rings (SSSR count). The number of nitrogens with one attached hydrogen (secondary N) is 2. The zero-order chi connectivity index (χ0) is 31.6. The number of hydrogen-bond acceptors (Lipinski definition) is 4. The van der Waals surface area contributed by atoms with E-state index in [2.05, 4.69) is 97.5 Å². The highest BCUT2D eigenvalue weighted by Gasteiger charge is 2.37. The van der Waals surface area contributed by atoms with E-state index in [-0.39, 0.29) is 5.91 Å². The van der Waals surface area contributed by atoms with E-state index in [4.69, 9.17) is 9.97 Å². The fourth-order valence-corrected chi connectivity index (χ4v) is 6.06. The van der Waals surface area contributed by atoms with Crippen molar-refractivity contribution < 1.29 is 4.79 Å². The van der Waals surface area contributed by atoms with Gasteiger partial charge in [0, 0.05) is 71.7 Å². The van der Waals surface area contributed by atoms with Gasteiger partial charge in [0.25, 0.3) is 5.91 Å². The number of aryl methyl sites for hydroxylation is 2. The van der Waals surface area contributed by atoms with E-state index in [0.29, 0.717) is 18.4 Å². The van der Waals surface area contributed by atoms with Crippen molar-refractivity contribution in [1.82, 2.24) is 19.9 Å². The first-order valence-corrected chi connectivity index (χ1v) is 16.1. The summed E-state index contributed by atoms with van der Waals surface area (Å²) in [5.41, 5.74) is 8.63. The van der Waals surface area contributed by atoms with Crippen molar-refractivity contribution in [2.75, 3.05) is 18.4 Å². The van der Waals surface area contributed by atoms with Gasteiger partial charge < -0.3 is 10.3 Å². The van der Waals surface area contributed by atoms with Crippen LogP contribution >= 0.6 is 0 Å². The summed E-state index contributed by atoms with van der Waals surface area (Å²) in [7, 11) is 0. The number of aromatic amines is 1. The Bertz CT molecular complexity index is 1570. The molecule has 6 nitrogen and oxygen atoms in total. The maximum Gasteiger partial charge on any atom is 0.255 e. The normalized spacial score (nSPS) is 11.6. The van der Waals surface area contributed by atoms with E-state index in [1.807, 2.05) is 48.9 Å². The van der Waals surface area contributed by atoms with Gasteiger partial charge in [0.05, 0.1) is 0 Å². The predicted octanol–water partition coefficient (Wildman–Crippen LogP) is 8.07. The number of amides is 1. The van der Waals surface area contributed by atoms with E-state index < -0.39 is 5.41 Å². The lowest BCUT2D eigenvalue weighted by molar-refractivity contribution is 0.102. The van der Waals surface area contributed by atoms with E-state index in [1.165, 1.54) is 5.56 Å². The number of benzene rings is 2. The maximum atomic E-state index is 13.3. The second-order valence-electron chi connectivity index (χ2n) is 12.2. The SMILES string of the molecule is CCCN(CCC)Cc1ccc(NC(=O)c2ccc(C(Cc3ccc(C)cn3)(Cc3ccc(C)cn3)c3ccc[nH]3)cc2)cc1. The van der Waals surface area contributed by atoms with E-state index in [9.17, 15) is 4.79 Å². The number of carbonyl (C=O) groups excluding carboxylic acids is 1. The van der Waals surface area contributed by atoms with Crippen LogP contribution < -0.4 is 5.32 Å². The van der Waals surface area contributed by atoms with Crippen LogP contribution in [0.25, 0.3) is 0 Å². The Morgan fingerprint density at radius 2 is 1.38 bits per heavy atom. The molecular weight excluding hydrogens is 554 g/mol. The zero-order valence-corrected chi connectivity index (χ0v) is 27.0. The van der Waals surface area contributed by atoms with Gasteiger partial charge in [-0.05, 0) is 111 Å². The third-order valence-electron chi connectivity index (χ3n) is 8.42. The van der Waals surface area contributed by atoms with Crippen LogP contribution in [-0.4, -0.2) is 38.8 Å². The molecule has 45 heavy (non-hydrogen) atoms. The van der Waals surface area contributed by atoms with E-state index in [0.717, 1.165) is 71.9 Å². The number of nitrogens with zero attached hydrogens (tertiary/aromatic N) is 3. The van der Waals surface area contributed by atoms with E-state index >= 15 is 0 Å². The summed E-state index contributed by atoms with van der Waals surface area (Å²) in [6, 6.07) is 28.8. The summed E-state index contributed by atoms with van der Waals surface area (Å²) < 4.78 is 0. The van der Waals surface area contributed by atoms with Gasteiger partial charge in [-0.3, -0.25) is 19.7 Å². The first kappa shape index (κ1) is 31.9. The second-order valence-corrected chi connectivity index (χ2v) is 12.2. The van der Waals surface area contributed by atoms with Crippen molar-refractivity contribution >= 4 is 11.6 Å². The molecule has 0 bridgehead atoms. The van der Waals surface area contributed by atoms with Gasteiger partial charge in [0.2, 0.25) is 0 Å². The monoisotopic (exact) mass is 599 g/mol. The third-order valence-corrected chi connectivity index (χ3v) is 8.42. The average molecular weight is 600 g/mol. The highest BCUT2D eigenvalue weighted by atomic mass is 16.1. The lowest BCUT2D eigenvalue weighted by atomic mass is 9.70. The number of pyridine rings is 2. The summed E-state index contributed by atoms with van der Waals surface area (Å²) >= 11 is 0. The molecule has 0 radical (unpaired) electrons. The predicted molar refractivity (Wildman–Crippen MR) is 184 cm³/mol. The second kappa shape index (κ2) is 15.0. The topological polar surface area (TPSA) is 73.9 Å². The Hall–Kier alpha value is -4.55. The Morgan fingerprint density at radius 1 is 0.778 bits per heavy atom. The Kier molecular flexibility index (Phi) is 10.6. The van der Waals surface area contributed by atoms with Crippen LogP contribution in [0.2, 0.25) is 0 Å². The van der Waals surface area contributed by atoms with Gasteiger partial charge in [0.1, 0.15) is 0 Å². The molecule has 3 aromatic heterocycles. The molecule has 2 aromatic carbocycles. The number of H-pyrrole nitrogens is 1. The number of anilines is 1. The smallest absolute Gasteiger partial charge is 0.255 e. The summed E-state index contributed by atoms with van der Waals surface area (Å²) in [6.07, 6.45) is 9.45. The zero-order valence-electron chi connectivity index (χ0n) is 27.0. The van der Waals surface area contributed by atoms with Crippen LogP contribution in [0.5, 0.6) is 0 Å². The fourth-order valence-electron chi connectivity index (χ4n) is 6.06. The maximum absolute atomic E-state index is 13.3. The van der Waals surface area contributed by atoms with Crippen LogP contribution in [0.4, 0.5) is 5.69 Å². The molecular formula is C39H45N5O. The molecule has 6 heteroatoms. The standard InChI is InChI=1S/C39H45N5O/c1-5-22-44(23-6-2)28-31-11-19-34(20-12-31)43-38(45)32-13-15-33(16-14-32)39(37-8-7-21-40-37,24-35-17-9-29(3)26-41-35)25-36-18-10-30(4)27-42-36/h7-21,26-27,40H,5-6,22-25,28H2,1-4H3,(H,43,45). The summed E-state index contributed by atoms with van der Waals surface area (Å²) in [5, 5.41) is 3.09. The van der Waals surface area contributed by atoms with Crippen molar-refractivity contribution in [3.63, 3.8) is 0 Å². The number of aromatic nitrogens is 3. The molecule has 232 valence electrons. The van der Waals surface area contributed by atoms with Crippen LogP contribution in [-0.2, 0) is 24.8 Å². The van der Waals surface area contributed by atoms with Gasteiger partial charge >= 0.3 is 0 Å². The third kappa shape index (κ3) is 8.14. The molecule has 0 fully saturated rings. The van der Waals surface area contributed by atoms with Crippen LogP contribution in [0.15, 0.2) is 104 Å². The lowest BCUT2D eigenvalue weighted by Crippen LogP contribution is -2.34. The van der Waals surface area contributed by atoms with Crippen LogP contribution in [0.1, 0.15) is 76.4 Å². The molecule has 0 saturated carbocycles. The largest absolute Gasteiger partial charge is 0.364 e. The number of rotatable bonds is 14. The van der Waals surface area contributed by atoms with Crippen LogP contribution in [0, 0.1) is 13.8 Å². The highest BCUT2D eigenvalue weighted by molar-refractivity contribution is 6.04. The van der Waals surface area contributed by atoms with E-state index in [1.54, 1.807) is 0 Å². The average Bonchev–Trinajstić information content (AvgIpc) is 3.60. The molecule has 0 atom stereocenters.